The van der Waals surface area contributed by atoms with Crippen molar-refractivity contribution in [3.63, 3.8) is 0 Å². The van der Waals surface area contributed by atoms with Gasteiger partial charge in [-0.25, -0.2) is 0 Å². The number of hydrogen-bond donors (Lipinski definition) is 0. The van der Waals surface area contributed by atoms with Gasteiger partial charge in [0.25, 0.3) is 0 Å². The fourth-order valence-electron chi connectivity index (χ4n) is 8.67. The molecule has 8 aromatic carbocycles. The van der Waals surface area contributed by atoms with E-state index < -0.39 is 0 Å². The second-order valence-corrected chi connectivity index (χ2v) is 14.6. The molecular weight excluding hydrogens is 685 g/mol. The quantitative estimate of drug-likeness (QED) is 0.178. The minimum absolute atomic E-state index is 0.850. The summed E-state index contributed by atoms with van der Waals surface area (Å²) in [6.45, 7) is 0. The molecule has 0 atom stereocenters. The number of anilines is 3. The molecule has 56 heavy (non-hydrogen) atoms. The van der Waals surface area contributed by atoms with Gasteiger partial charge >= 0.3 is 0 Å². The van der Waals surface area contributed by atoms with Crippen LogP contribution in [-0.2, 0) is 0 Å². The third-order valence-electron chi connectivity index (χ3n) is 11.4. The van der Waals surface area contributed by atoms with E-state index >= 15 is 0 Å². The van der Waals surface area contributed by atoms with Gasteiger partial charge in [-0.3, -0.25) is 0 Å². The van der Waals surface area contributed by atoms with E-state index in [1.54, 1.807) is 0 Å². The fraction of sp³-hybridized carbons (Fsp3) is 0. The highest BCUT2D eigenvalue weighted by Crippen LogP contribution is 2.43. The van der Waals surface area contributed by atoms with Gasteiger partial charge in [0, 0.05) is 74.2 Å². The lowest BCUT2D eigenvalue weighted by Crippen LogP contribution is -2.09. The number of fused-ring (bicyclic) bond motifs is 11. The Kier molecular flexibility index (Phi) is 6.60. The molecule has 0 aliphatic rings. The number of aromatic nitrogens is 1. The molecule has 0 saturated heterocycles. The predicted molar refractivity (Wildman–Crippen MR) is 233 cm³/mol. The summed E-state index contributed by atoms with van der Waals surface area (Å²) in [4.78, 5) is 2.29. The van der Waals surface area contributed by atoms with E-state index in [9.17, 15) is 0 Å². The lowest BCUT2D eigenvalue weighted by atomic mass is 10.0. The van der Waals surface area contributed by atoms with E-state index in [2.05, 4.69) is 204 Å². The summed E-state index contributed by atoms with van der Waals surface area (Å²) < 4.78 is 15.3. The molecule has 0 aliphatic heterocycles. The van der Waals surface area contributed by atoms with Gasteiger partial charge in [0.15, 0.2) is 0 Å². The first-order chi connectivity index (χ1) is 27.7. The van der Waals surface area contributed by atoms with Crippen LogP contribution in [0.3, 0.4) is 0 Å². The number of nitrogens with zero attached hydrogens (tertiary/aromatic N) is 2. The first kappa shape index (κ1) is 30.9. The summed E-state index contributed by atoms with van der Waals surface area (Å²) >= 11 is 0. The number of furan rings is 2. The van der Waals surface area contributed by atoms with Crippen LogP contribution in [0.2, 0.25) is 0 Å². The van der Waals surface area contributed by atoms with Gasteiger partial charge in [-0.05, 0) is 105 Å². The summed E-state index contributed by atoms with van der Waals surface area (Å²) in [5.74, 6) is 0. The number of rotatable bonds is 5. The summed E-state index contributed by atoms with van der Waals surface area (Å²) in [6, 6.07) is 64.8. The molecule has 4 aromatic heterocycles. The van der Waals surface area contributed by atoms with Crippen LogP contribution in [0.4, 0.5) is 17.1 Å². The van der Waals surface area contributed by atoms with Crippen LogP contribution in [0.1, 0.15) is 0 Å². The molecule has 4 heteroatoms. The van der Waals surface area contributed by atoms with Crippen LogP contribution < -0.4 is 4.90 Å². The van der Waals surface area contributed by atoms with Gasteiger partial charge in [0.1, 0.15) is 22.3 Å². The molecule has 0 saturated carbocycles. The van der Waals surface area contributed by atoms with E-state index in [0.717, 1.165) is 66.5 Å². The molecule has 0 bridgehead atoms. The fourth-order valence-corrected chi connectivity index (χ4v) is 8.67. The Morgan fingerprint density at radius 2 is 0.857 bits per heavy atom. The Morgan fingerprint density at radius 3 is 1.43 bits per heavy atom. The molecule has 0 spiro atoms. The molecule has 0 aliphatic carbocycles. The summed E-state index contributed by atoms with van der Waals surface area (Å²) in [7, 11) is 0. The Labute approximate surface area is 321 Å². The molecule has 0 N–H and O–H groups in total. The first-order valence-electron chi connectivity index (χ1n) is 19.0. The van der Waals surface area contributed by atoms with Crippen molar-refractivity contribution in [3.05, 3.63) is 194 Å². The van der Waals surface area contributed by atoms with Crippen molar-refractivity contribution in [1.82, 2.24) is 4.40 Å². The molecule has 0 radical (unpaired) electrons. The molecule has 12 aromatic rings. The summed E-state index contributed by atoms with van der Waals surface area (Å²) in [5, 5.41) is 9.30. The largest absolute Gasteiger partial charge is 0.456 e. The highest BCUT2D eigenvalue weighted by Gasteiger charge is 2.19. The zero-order chi connectivity index (χ0) is 36.7. The average molecular weight is 717 g/mol. The number of pyridine rings is 1. The van der Waals surface area contributed by atoms with Gasteiger partial charge in [-0.15, -0.1) is 0 Å². The van der Waals surface area contributed by atoms with E-state index in [4.69, 9.17) is 8.83 Å². The van der Waals surface area contributed by atoms with E-state index in [0.29, 0.717) is 0 Å². The van der Waals surface area contributed by atoms with Crippen LogP contribution in [0, 0.1) is 0 Å². The monoisotopic (exact) mass is 716 g/mol. The molecular formula is C52H32N2O2. The first-order valence-corrected chi connectivity index (χ1v) is 19.0. The van der Waals surface area contributed by atoms with Crippen LogP contribution >= 0.6 is 0 Å². The zero-order valence-corrected chi connectivity index (χ0v) is 30.2. The minimum atomic E-state index is 0.850. The summed E-state index contributed by atoms with van der Waals surface area (Å²) in [6.07, 6.45) is 4.27. The lowest BCUT2D eigenvalue weighted by Gasteiger charge is -2.25. The van der Waals surface area contributed by atoms with Crippen molar-refractivity contribution in [2.45, 2.75) is 0 Å². The van der Waals surface area contributed by atoms with Crippen molar-refractivity contribution in [2.75, 3.05) is 4.90 Å². The highest BCUT2D eigenvalue weighted by atomic mass is 16.3. The Hall–Kier alpha value is -7.56. The third kappa shape index (κ3) is 4.79. The van der Waals surface area contributed by atoms with E-state index in [-0.39, 0.29) is 0 Å². The average Bonchev–Trinajstić information content (AvgIpc) is 3.97. The Morgan fingerprint density at radius 1 is 0.357 bits per heavy atom. The highest BCUT2D eigenvalue weighted by molar-refractivity contribution is 6.20. The summed E-state index contributed by atoms with van der Waals surface area (Å²) in [5.41, 5.74) is 12.4. The van der Waals surface area contributed by atoms with Crippen LogP contribution in [0.15, 0.2) is 203 Å². The smallest absolute Gasteiger partial charge is 0.137 e. The normalized spacial score (nSPS) is 11.9. The van der Waals surface area contributed by atoms with Gasteiger partial charge in [0.2, 0.25) is 0 Å². The topological polar surface area (TPSA) is 33.9 Å². The third-order valence-corrected chi connectivity index (χ3v) is 11.4. The van der Waals surface area contributed by atoms with Crippen molar-refractivity contribution >= 4 is 88.0 Å². The van der Waals surface area contributed by atoms with Crippen LogP contribution in [0.5, 0.6) is 0 Å². The predicted octanol–water partition coefficient (Wildman–Crippen LogP) is 14.8. The maximum Gasteiger partial charge on any atom is 0.137 e. The van der Waals surface area contributed by atoms with Crippen LogP contribution in [0.25, 0.3) is 93.2 Å². The molecule has 12 rings (SSSR count). The van der Waals surface area contributed by atoms with Crippen LogP contribution in [-0.4, -0.2) is 4.40 Å². The molecule has 0 unspecified atom stereocenters. The Balaban J connectivity index is 0.976. The Bertz CT molecular complexity index is 3290. The molecule has 0 fully saturated rings. The zero-order valence-electron chi connectivity index (χ0n) is 30.2. The molecule has 4 nitrogen and oxygen atoms in total. The van der Waals surface area contributed by atoms with Crippen molar-refractivity contribution < 1.29 is 8.83 Å². The van der Waals surface area contributed by atoms with Gasteiger partial charge in [-0.1, -0.05) is 103 Å². The SMILES string of the molecule is c1ccc2c(c1)ccc1oc3cc(N(c4ccc(-c5ccc(-c6cc7ccccn7c6)cc5)cc4)c4ccc5c(c4)oc4ccc6ccccc6c45)ccc3c12. The molecule has 0 amide bonds. The standard InChI is InChI=1S/C52H32N2O2/c1-3-10-43-36(7-1)18-26-47-51(43)45-24-22-41(30-49(45)55-47)54(42-23-25-46-50(31-42)56-48-27-19-37-8-2-4-11-44(37)52(46)48)39-20-16-34(17-21-39)33-12-14-35(15-13-33)38-29-40-9-5-6-28-53(40)32-38/h1-32H. The van der Waals surface area contributed by atoms with Gasteiger partial charge in [0.05, 0.1) is 0 Å². The van der Waals surface area contributed by atoms with Crippen molar-refractivity contribution in [1.29, 1.82) is 0 Å². The van der Waals surface area contributed by atoms with Crippen molar-refractivity contribution in [2.24, 2.45) is 0 Å². The maximum atomic E-state index is 6.56. The number of hydrogen-bond acceptors (Lipinski definition) is 3. The lowest BCUT2D eigenvalue weighted by molar-refractivity contribution is 0.669. The van der Waals surface area contributed by atoms with E-state index in [1.165, 1.54) is 43.8 Å². The van der Waals surface area contributed by atoms with Crippen molar-refractivity contribution in [3.8, 4) is 22.3 Å². The van der Waals surface area contributed by atoms with Gasteiger partial charge in [-0.2, -0.15) is 0 Å². The minimum Gasteiger partial charge on any atom is -0.456 e. The van der Waals surface area contributed by atoms with Gasteiger partial charge < -0.3 is 18.1 Å². The maximum absolute atomic E-state index is 6.56. The molecule has 262 valence electrons. The molecule has 4 heterocycles. The number of benzene rings is 8. The second-order valence-electron chi connectivity index (χ2n) is 14.6. The second kappa shape index (κ2) is 12.0. The van der Waals surface area contributed by atoms with E-state index in [1.807, 2.05) is 0 Å².